The van der Waals surface area contributed by atoms with E-state index in [4.69, 9.17) is 0 Å². The molecule has 0 spiro atoms. The molecule has 2 aliphatic rings. The summed E-state index contributed by atoms with van der Waals surface area (Å²) in [6.45, 7) is 2.33. The number of hydrogen-bond acceptors (Lipinski definition) is 3. The zero-order chi connectivity index (χ0) is 10.8. The Hall–Kier alpha value is -1.10. The predicted molar refractivity (Wildman–Crippen MR) is 55.2 cm³/mol. The van der Waals surface area contributed by atoms with Crippen molar-refractivity contribution < 1.29 is 9.59 Å². The van der Waals surface area contributed by atoms with E-state index in [1.54, 1.807) is 11.9 Å². The standard InChI is InChI=1S/C10H17N3O2/c1-13-6-8(4-9(13)14)12-10(15)7-2-3-11-5-7/h7-8,11H,2-6H2,1H3,(H,12,15). The third-order valence-electron chi connectivity index (χ3n) is 3.12. The molecule has 2 heterocycles. The van der Waals surface area contributed by atoms with Crippen molar-refractivity contribution in [2.75, 3.05) is 26.7 Å². The number of rotatable bonds is 2. The molecule has 2 rings (SSSR count). The fourth-order valence-corrected chi connectivity index (χ4v) is 2.16. The van der Waals surface area contributed by atoms with Crippen LogP contribution in [0.4, 0.5) is 0 Å². The maximum absolute atomic E-state index is 11.7. The Kier molecular flexibility index (Phi) is 2.90. The molecule has 2 N–H and O–H groups in total. The first-order valence-corrected chi connectivity index (χ1v) is 5.42. The van der Waals surface area contributed by atoms with E-state index >= 15 is 0 Å². The van der Waals surface area contributed by atoms with Crippen molar-refractivity contribution in [2.24, 2.45) is 5.92 Å². The summed E-state index contributed by atoms with van der Waals surface area (Å²) in [6.07, 6.45) is 1.35. The molecule has 2 unspecified atom stereocenters. The number of likely N-dealkylation sites (tertiary alicyclic amines) is 1. The second kappa shape index (κ2) is 4.18. The molecule has 0 radical (unpaired) electrons. The van der Waals surface area contributed by atoms with Crippen LogP contribution in [-0.2, 0) is 9.59 Å². The summed E-state index contributed by atoms with van der Waals surface area (Å²) in [6, 6.07) is 0.00981. The topological polar surface area (TPSA) is 61.4 Å². The third-order valence-corrected chi connectivity index (χ3v) is 3.12. The van der Waals surface area contributed by atoms with E-state index in [1.165, 1.54) is 0 Å². The van der Waals surface area contributed by atoms with Crippen LogP contribution < -0.4 is 10.6 Å². The summed E-state index contributed by atoms with van der Waals surface area (Å²) in [4.78, 5) is 24.6. The molecule has 0 saturated carbocycles. The Morgan fingerprint density at radius 2 is 2.40 bits per heavy atom. The molecule has 2 amide bonds. The number of hydrogen-bond donors (Lipinski definition) is 2. The van der Waals surface area contributed by atoms with Gasteiger partial charge in [0.2, 0.25) is 11.8 Å². The Bertz CT molecular complexity index is 274. The molecule has 84 valence electrons. The Labute approximate surface area is 89.2 Å². The number of nitrogens with one attached hydrogen (secondary N) is 2. The van der Waals surface area contributed by atoms with Crippen LogP contribution in [0.3, 0.4) is 0 Å². The summed E-state index contributed by atoms with van der Waals surface area (Å²) < 4.78 is 0. The van der Waals surface area contributed by atoms with E-state index < -0.39 is 0 Å². The molecule has 2 atom stereocenters. The molecule has 0 aliphatic carbocycles. The third kappa shape index (κ3) is 2.28. The molecule has 0 aromatic rings. The van der Waals surface area contributed by atoms with Crippen LogP contribution in [0.5, 0.6) is 0 Å². The number of carbonyl (C=O) groups excluding carboxylic acids is 2. The summed E-state index contributed by atoms with van der Waals surface area (Å²) in [5.74, 6) is 0.295. The molecule has 0 bridgehead atoms. The highest BCUT2D eigenvalue weighted by Gasteiger charge is 2.30. The van der Waals surface area contributed by atoms with E-state index in [1.807, 2.05) is 0 Å². The van der Waals surface area contributed by atoms with Crippen LogP contribution >= 0.6 is 0 Å². The zero-order valence-corrected chi connectivity index (χ0v) is 8.95. The quantitative estimate of drug-likeness (QED) is 0.612. The van der Waals surface area contributed by atoms with Crippen molar-refractivity contribution in [3.8, 4) is 0 Å². The summed E-state index contributed by atoms with van der Waals surface area (Å²) in [5, 5.41) is 6.10. The van der Waals surface area contributed by atoms with Gasteiger partial charge in [-0.15, -0.1) is 0 Å². The second-order valence-electron chi connectivity index (χ2n) is 4.37. The van der Waals surface area contributed by atoms with Crippen molar-refractivity contribution in [3.63, 3.8) is 0 Å². The van der Waals surface area contributed by atoms with Gasteiger partial charge < -0.3 is 15.5 Å². The summed E-state index contributed by atoms with van der Waals surface area (Å²) in [5.41, 5.74) is 0. The molecule has 15 heavy (non-hydrogen) atoms. The lowest BCUT2D eigenvalue weighted by molar-refractivity contribution is -0.126. The monoisotopic (exact) mass is 211 g/mol. The molecule has 5 nitrogen and oxygen atoms in total. The minimum Gasteiger partial charge on any atom is -0.351 e. The van der Waals surface area contributed by atoms with Crippen molar-refractivity contribution in [1.82, 2.24) is 15.5 Å². The van der Waals surface area contributed by atoms with E-state index in [0.29, 0.717) is 13.0 Å². The van der Waals surface area contributed by atoms with Crippen LogP contribution in [0.25, 0.3) is 0 Å². The van der Waals surface area contributed by atoms with Gasteiger partial charge in [0.1, 0.15) is 0 Å². The van der Waals surface area contributed by atoms with Crippen LogP contribution in [0, 0.1) is 5.92 Å². The summed E-state index contributed by atoms with van der Waals surface area (Å²) >= 11 is 0. The first kappa shape index (κ1) is 10.4. The zero-order valence-electron chi connectivity index (χ0n) is 8.95. The number of nitrogens with zero attached hydrogens (tertiary/aromatic N) is 1. The Balaban J connectivity index is 1.82. The molecular formula is C10H17N3O2. The smallest absolute Gasteiger partial charge is 0.224 e. The molecule has 5 heteroatoms. The highest BCUT2D eigenvalue weighted by molar-refractivity contribution is 5.83. The molecule has 2 fully saturated rings. The van der Waals surface area contributed by atoms with Crippen molar-refractivity contribution in [1.29, 1.82) is 0 Å². The minimum absolute atomic E-state index is 0.00981. The van der Waals surface area contributed by atoms with E-state index in [-0.39, 0.29) is 23.8 Å². The normalized spacial score (nSPS) is 31.0. The van der Waals surface area contributed by atoms with Gasteiger partial charge >= 0.3 is 0 Å². The van der Waals surface area contributed by atoms with Gasteiger partial charge in [-0.2, -0.15) is 0 Å². The van der Waals surface area contributed by atoms with Crippen molar-refractivity contribution >= 4 is 11.8 Å². The fraction of sp³-hybridized carbons (Fsp3) is 0.800. The average Bonchev–Trinajstić information content (AvgIpc) is 2.77. The number of carbonyl (C=O) groups is 2. The first-order chi connectivity index (χ1) is 7.16. The van der Waals surface area contributed by atoms with Crippen LogP contribution in [0.2, 0.25) is 0 Å². The number of amides is 2. The van der Waals surface area contributed by atoms with Crippen LogP contribution in [-0.4, -0.2) is 49.4 Å². The first-order valence-electron chi connectivity index (χ1n) is 5.42. The highest BCUT2D eigenvalue weighted by atomic mass is 16.2. The van der Waals surface area contributed by atoms with Gasteiger partial charge in [-0.3, -0.25) is 9.59 Å². The van der Waals surface area contributed by atoms with E-state index in [9.17, 15) is 9.59 Å². The van der Waals surface area contributed by atoms with Gasteiger partial charge in [-0.1, -0.05) is 0 Å². The van der Waals surface area contributed by atoms with Gasteiger partial charge in [-0.25, -0.2) is 0 Å². The molecular weight excluding hydrogens is 194 g/mol. The van der Waals surface area contributed by atoms with Gasteiger partial charge in [0.25, 0.3) is 0 Å². The van der Waals surface area contributed by atoms with Gasteiger partial charge in [0.15, 0.2) is 0 Å². The maximum Gasteiger partial charge on any atom is 0.224 e. The lowest BCUT2D eigenvalue weighted by Crippen LogP contribution is -2.40. The average molecular weight is 211 g/mol. The van der Waals surface area contributed by atoms with Crippen molar-refractivity contribution in [2.45, 2.75) is 18.9 Å². The van der Waals surface area contributed by atoms with E-state index in [2.05, 4.69) is 10.6 Å². The molecule has 2 aliphatic heterocycles. The lowest BCUT2D eigenvalue weighted by atomic mass is 10.1. The number of likely N-dealkylation sites (N-methyl/N-ethyl adjacent to an activating group) is 1. The van der Waals surface area contributed by atoms with Gasteiger partial charge in [0, 0.05) is 26.6 Å². The van der Waals surface area contributed by atoms with Gasteiger partial charge in [-0.05, 0) is 13.0 Å². The highest BCUT2D eigenvalue weighted by Crippen LogP contribution is 2.12. The largest absolute Gasteiger partial charge is 0.351 e. The van der Waals surface area contributed by atoms with E-state index in [0.717, 1.165) is 19.5 Å². The molecule has 2 saturated heterocycles. The fourth-order valence-electron chi connectivity index (χ4n) is 2.16. The lowest BCUT2D eigenvalue weighted by Gasteiger charge is -2.15. The second-order valence-corrected chi connectivity index (χ2v) is 4.37. The van der Waals surface area contributed by atoms with Crippen LogP contribution in [0.1, 0.15) is 12.8 Å². The Morgan fingerprint density at radius 1 is 1.60 bits per heavy atom. The summed E-state index contributed by atoms with van der Waals surface area (Å²) in [7, 11) is 1.77. The molecule has 0 aromatic carbocycles. The predicted octanol–water partition coefficient (Wildman–Crippen LogP) is -1.06. The Morgan fingerprint density at radius 3 is 2.93 bits per heavy atom. The SMILES string of the molecule is CN1CC(NC(=O)C2CCNC2)CC1=O. The van der Waals surface area contributed by atoms with Gasteiger partial charge in [0.05, 0.1) is 12.0 Å². The maximum atomic E-state index is 11.7. The molecule has 0 aromatic heterocycles. The van der Waals surface area contributed by atoms with Crippen molar-refractivity contribution in [3.05, 3.63) is 0 Å². The minimum atomic E-state index is 0.00981. The van der Waals surface area contributed by atoms with Crippen LogP contribution in [0.15, 0.2) is 0 Å².